The van der Waals surface area contributed by atoms with Crippen LogP contribution >= 0.6 is 0 Å². The number of amides is 9. The minimum atomic E-state index is -3.21. The average molecular weight is 1760 g/mol. The summed E-state index contributed by atoms with van der Waals surface area (Å²) in [5.41, 5.74) is 16.8. The minimum Gasteiger partial charge on any atom is -0.453 e. The number of aryl methyl sites for hydroxylation is 9. The summed E-state index contributed by atoms with van der Waals surface area (Å²) in [5.74, 6) is 0.118. The summed E-state index contributed by atoms with van der Waals surface area (Å²) in [4.78, 5) is 67.5. The van der Waals surface area contributed by atoms with E-state index >= 15 is 0 Å². The van der Waals surface area contributed by atoms with Crippen LogP contribution in [0.5, 0.6) is 0 Å². The predicted molar refractivity (Wildman–Crippen MR) is 514 cm³/mol. The molecule has 0 aromatic heterocycles. The number of ether oxygens (including phenoxy) is 2. The third-order valence-corrected chi connectivity index (χ3v) is 21.4. The molecule has 0 heterocycles. The zero-order valence-corrected chi connectivity index (χ0v) is 78.9. The summed E-state index contributed by atoms with van der Waals surface area (Å²) in [6.07, 6.45) is 4.61. The molecule has 0 bridgehead atoms. The van der Waals surface area contributed by atoms with Gasteiger partial charge in [0.1, 0.15) is 6.10 Å². The van der Waals surface area contributed by atoms with Gasteiger partial charge in [0.15, 0.2) is 0 Å². The lowest BCUT2D eigenvalue weighted by Gasteiger charge is -2.18. The Hall–Kier alpha value is -12.2. The molecule has 1 unspecified atom stereocenters. The van der Waals surface area contributed by atoms with Crippen LogP contribution in [0.2, 0.25) is 0 Å². The fraction of sp³-hybridized carbons (Fsp3) is 0.347. The Morgan fingerprint density at radius 2 is 0.742 bits per heavy atom. The molecule has 9 amide bonds. The van der Waals surface area contributed by atoms with Crippen LogP contribution in [0.15, 0.2) is 231 Å². The van der Waals surface area contributed by atoms with E-state index < -0.39 is 47.5 Å². The molecule has 10 N–H and O–H groups in total. The van der Waals surface area contributed by atoms with Gasteiger partial charge >= 0.3 is 30.3 Å². The number of hydrogen-bond donors (Lipinski definition) is 10. The summed E-state index contributed by atoms with van der Waals surface area (Å²) in [5, 5.41) is 24.3. The lowest BCUT2D eigenvalue weighted by Crippen LogP contribution is -2.34. The highest BCUT2D eigenvalue weighted by molar-refractivity contribution is 7.93. The Balaban J connectivity index is 0.000000698. The number of rotatable bonds is 23. The highest BCUT2D eigenvalue weighted by Gasteiger charge is 2.17. The smallest absolute Gasteiger partial charge is 0.412 e. The number of unbranched alkanes of at least 4 members (excludes halogenated alkanes) is 1. The second-order valence-corrected chi connectivity index (χ2v) is 36.2. The maximum absolute atomic E-state index is 11.5. The molecule has 0 aliphatic carbocycles. The molecule has 1 atom stereocenters. The maximum atomic E-state index is 11.5. The Morgan fingerprint density at radius 3 is 1.06 bits per heavy atom. The fourth-order valence-electron chi connectivity index (χ4n) is 9.55. The van der Waals surface area contributed by atoms with E-state index in [1.54, 1.807) is 72.1 Å². The third-order valence-electron chi connectivity index (χ3n) is 16.7. The lowest BCUT2D eigenvalue weighted by molar-refractivity contribution is 0.0942. The molecular formula is C95H134N12O14S3. The normalized spacial score (nSPS) is 10.5. The van der Waals surface area contributed by atoms with Gasteiger partial charge in [-0.05, 0) is 268 Å². The molecule has 9 rings (SSSR count). The molecule has 124 heavy (non-hydrogen) atoms. The maximum Gasteiger partial charge on any atom is 0.412 e. The van der Waals surface area contributed by atoms with E-state index in [-0.39, 0.29) is 47.9 Å². The Kier molecular flexibility index (Phi) is 52.0. The van der Waals surface area contributed by atoms with Gasteiger partial charge in [-0.25, -0.2) is 49.2 Å². The molecule has 0 fully saturated rings. The molecule has 676 valence electrons. The molecule has 26 nitrogen and oxygen atoms in total. The van der Waals surface area contributed by atoms with Crippen molar-refractivity contribution >= 4 is 112 Å². The van der Waals surface area contributed by atoms with Gasteiger partial charge < -0.3 is 46.7 Å². The quantitative estimate of drug-likeness (QED) is 0.0210. The van der Waals surface area contributed by atoms with Gasteiger partial charge in [0, 0.05) is 79.0 Å². The molecule has 0 spiro atoms. The van der Waals surface area contributed by atoms with Gasteiger partial charge in [0.05, 0.1) is 35.7 Å². The summed E-state index contributed by atoms with van der Waals surface area (Å²) in [6.45, 7) is 41.3. The second-order valence-electron chi connectivity index (χ2n) is 29.6. The van der Waals surface area contributed by atoms with Gasteiger partial charge in [0.2, 0.25) is 30.1 Å². The number of carbonyl (C=O) groups excluding carboxylic acids is 6. The van der Waals surface area contributed by atoms with Crippen LogP contribution in [0, 0.1) is 62.3 Å². The summed E-state index contributed by atoms with van der Waals surface area (Å²) < 4.78 is 82.8. The van der Waals surface area contributed by atoms with E-state index in [1.807, 2.05) is 291 Å². The van der Waals surface area contributed by atoms with Crippen LogP contribution in [0.25, 0.3) is 0 Å². The van der Waals surface area contributed by atoms with E-state index in [2.05, 4.69) is 70.8 Å². The Bertz CT molecular complexity index is 5040. The summed E-state index contributed by atoms with van der Waals surface area (Å²) >= 11 is 0. The number of nitrogens with zero attached hydrogens (tertiary/aromatic N) is 2. The first-order valence-corrected chi connectivity index (χ1v) is 45.7. The van der Waals surface area contributed by atoms with E-state index in [0.29, 0.717) is 23.6 Å². The molecule has 9 aromatic rings. The zero-order valence-electron chi connectivity index (χ0n) is 76.5. The first-order chi connectivity index (χ1) is 58.2. The SMILES string of the molecule is C=CC(C)OC(=O)Nc1cccc(C)c1.CCCCNC(=O)Nc1cccc(C)c1.CCCNC(=O)Nc1cccc(C)c1.CCS(=O)(=O)N(C)c1ccc(C)cc1.COC(=O)Nc1cccc(C)c1.Cc1ccc(C(=O)NC(C)C)cc1.Cc1ccc(N(C)S(C)(=O)=O)cc1.Cc1ccc(NS(=O)(=O)C(C)C)cc1.Cc1cccc(NC(=O)NC(C)C)c1. The van der Waals surface area contributed by atoms with Gasteiger partial charge in [-0.15, -0.1) is 0 Å². The van der Waals surface area contributed by atoms with Gasteiger partial charge in [0.25, 0.3) is 5.91 Å². The average Bonchev–Trinajstić information content (AvgIpc) is 0.870. The Morgan fingerprint density at radius 1 is 0.403 bits per heavy atom. The van der Waals surface area contributed by atoms with Crippen LogP contribution in [-0.2, 0) is 39.5 Å². The number of methoxy groups -OCH3 is 1. The number of nitrogens with one attached hydrogen (secondary N) is 10. The standard InChI is InChI=1S/C12H18N2O.C12H15NO2.2C11H16N2O.C11H15NO.2C10H15NO2S.C9H13NO2S.C9H11NO2/c1-3-4-8-13-12(15)14-11-7-5-6-10(2)9-11;1-4-10(3)15-12(14)13-11-7-5-6-9(2)8-11;1-8(2)12-11(14)13-10-6-4-5-9(3)7-10;1-3-7-12-11(14)13-10-6-4-5-9(2)8-10;1-8(2)12-11(13)10-6-4-9(3)5-7-10;1-8(2)14(12,13)11-10-6-4-9(3)5-7-10;1-4-14(12,13)11(3)10-7-5-9(2)6-8-10;1-8-4-6-9(7-5-8)10(2)13(3,11)12;1-7-4-3-5-8(6-7)10-9(11)12-2/h5-7,9H,3-4,8H2,1-2H3,(H2,13,14,15);4-8,10H,1H2,2-3H3,(H,13,14);4-8H,1-3H3,(H2,12,13,14);4-6,8H,3,7H2,1-2H3,(H2,12,13,14);4-8H,1-3H3,(H,12,13);4-8,11H,1-3H3;5-8H,4H2,1-3H3;4-7H,1-3H3;3-6H,1-2H3,(H,10,11). The summed E-state index contributed by atoms with van der Waals surface area (Å²) in [6, 6.07) is 67.7. The lowest BCUT2D eigenvalue weighted by atomic mass is 10.1. The molecule has 0 aliphatic rings. The molecule has 0 radical (unpaired) electrons. The van der Waals surface area contributed by atoms with Crippen molar-refractivity contribution in [3.8, 4) is 0 Å². The predicted octanol–water partition coefficient (Wildman–Crippen LogP) is 20.7. The van der Waals surface area contributed by atoms with Crippen molar-refractivity contribution < 1.29 is 63.5 Å². The number of benzene rings is 9. The highest BCUT2D eigenvalue weighted by Crippen LogP contribution is 2.20. The summed E-state index contributed by atoms with van der Waals surface area (Å²) in [7, 11) is -5.03. The number of anilines is 8. The first-order valence-electron chi connectivity index (χ1n) is 40.7. The molecular weight excluding hydrogens is 1630 g/mol. The molecule has 0 saturated carbocycles. The van der Waals surface area contributed by atoms with E-state index in [4.69, 9.17) is 4.74 Å². The third kappa shape index (κ3) is 50.3. The van der Waals surface area contributed by atoms with Crippen molar-refractivity contribution in [2.45, 2.75) is 174 Å². The van der Waals surface area contributed by atoms with Crippen molar-refractivity contribution in [3.05, 3.63) is 287 Å². The van der Waals surface area contributed by atoms with Crippen molar-refractivity contribution in [1.29, 1.82) is 0 Å². The van der Waals surface area contributed by atoms with Gasteiger partial charge in [-0.2, -0.15) is 0 Å². The van der Waals surface area contributed by atoms with E-state index in [1.165, 1.54) is 27.5 Å². The van der Waals surface area contributed by atoms with Crippen molar-refractivity contribution in [2.75, 3.05) is 86.2 Å². The van der Waals surface area contributed by atoms with Crippen LogP contribution in [0.3, 0.4) is 0 Å². The van der Waals surface area contributed by atoms with Crippen LogP contribution in [0.1, 0.15) is 149 Å². The van der Waals surface area contributed by atoms with E-state index in [9.17, 15) is 54.0 Å². The van der Waals surface area contributed by atoms with Crippen LogP contribution < -0.4 is 61.2 Å². The minimum absolute atomic E-state index is 0.00463. The molecule has 0 aliphatic heterocycles. The second kappa shape index (κ2) is 58.7. The molecule has 0 saturated heterocycles. The fourth-order valence-corrected chi connectivity index (χ4v) is 11.6. The first kappa shape index (κ1) is 110. The van der Waals surface area contributed by atoms with Gasteiger partial charge in [-0.3, -0.25) is 28.8 Å². The van der Waals surface area contributed by atoms with Crippen molar-refractivity contribution in [2.24, 2.45) is 0 Å². The van der Waals surface area contributed by atoms with Gasteiger partial charge in [-0.1, -0.05) is 164 Å². The zero-order chi connectivity index (χ0) is 93.7. The van der Waals surface area contributed by atoms with E-state index in [0.717, 1.165) is 104 Å². The number of sulfonamides is 3. The molecule has 9 aromatic carbocycles. The largest absolute Gasteiger partial charge is 0.453 e. The monoisotopic (exact) mass is 1760 g/mol. The Labute approximate surface area is 739 Å². The number of carbonyl (C=O) groups is 6. The van der Waals surface area contributed by atoms with Crippen molar-refractivity contribution in [3.63, 3.8) is 0 Å². The number of hydrogen-bond acceptors (Lipinski definition) is 14. The molecule has 29 heteroatoms. The van der Waals surface area contributed by atoms with Crippen LogP contribution in [0.4, 0.5) is 69.5 Å². The topological polar surface area (TPSA) is 350 Å². The highest BCUT2D eigenvalue weighted by atomic mass is 32.2. The number of urea groups is 3. The van der Waals surface area contributed by atoms with Crippen molar-refractivity contribution in [1.82, 2.24) is 21.3 Å². The van der Waals surface area contributed by atoms with Crippen LogP contribution in [-0.4, -0.2) is 131 Å².